The summed E-state index contributed by atoms with van der Waals surface area (Å²) in [5.74, 6) is 0.458. The van der Waals surface area contributed by atoms with Crippen molar-refractivity contribution in [2.45, 2.75) is 45.8 Å². The highest BCUT2D eigenvalue weighted by atomic mass is 79.9. The van der Waals surface area contributed by atoms with Crippen LogP contribution in [0, 0.1) is 0 Å². The number of halogens is 1. The third-order valence-electron chi connectivity index (χ3n) is 2.73. The molecule has 0 aliphatic heterocycles. The van der Waals surface area contributed by atoms with Crippen molar-refractivity contribution in [1.29, 1.82) is 0 Å². The Morgan fingerprint density at radius 2 is 2.22 bits per heavy atom. The molecule has 1 unspecified atom stereocenters. The molecule has 0 aliphatic carbocycles. The van der Waals surface area contributed by atoms with Crippen LogP contribution in [0.4, 0.5) is 0 Å². The molecule has 0 radical (unpaired) electrons. The van der Waals surface area contributed by atoms with Crippen LogP contribution in [0.15, 0.2) is 22.9 Å². The highest BCUT2D eigenvalue weighted by Crippen LogP contribution is 2.15. The summed E-state index contributed by atoms with van der Waals surface area (Å²) in [6.07, 6.45) is 1.91. The van der Waals surface area contributed by atoms with Gasteiger partial charge >= 0.3 is 0 Å². The number of carbonyl (C=O) groups is 1. The second-order valence-corrected chi connectivity index (χ2v) is 5.62. The van der Waals surface area contributed by atoms with Crippen molar-refractivity contribution in [2.24, 2.45) is 0 Å². The van der Waals surface area contributed by atoms with Crippen molar-refractivity contribution in [1.82, 2.24) is 10.3 Å². The number of hydrogen-bond acceptors (Lipinski definition) is 3. The van der Waals surface area contributed by atoms with Crippen LogP contribution in [-0.4, -0.2) is 22.5 Å². The minimum Gasteiger partial charge on any atom is -0.479 e. The maximum atomic E-state index is 11.9. The van der Waals surface area contributed by atoms with Crippen LogP contribution < -0.4 is 10.1 Å². The van der Waals surface area contributed by atoms with Crippen LogP contribution in [-0.2, 0) is 4.79 Å². The quantitative estimate of drug-likeness (QED) is 0.850. The summed E-state index contributed by atoms with van der Waals surface area (Å²) < 4.78 is 6.26. The maximum absolute atomic E-state index is 11.9. The van der Waals surface area contributed by atoms with E-state index in [4.69, 9.17) is 4.74 Å². The number of aromatic nitrogens is 1. The monoisotopic (exact) mass is 314 g/mol. The molecule has 0 fully saturated rings. The van der Waals surface area contributed by atoms with Crippen LogP contribution in [0.25, 0.3) is 0 Å². The van der Waals surface area contributed by atoms with Crippen molar-refractivity contribution in [3.8, 4) is 5.75 Å². The Morgan fingerprint density at radius 1 is 1.56 bits per heavy atom. The zero-order valence-electron chi connectivity index (χ0n) is 11.2. The van der Waals surface area contributed by atoms with E-state index >= 15 is 0 Å². The number of rotatable bonds is 5. The molecule has 100 valence electrons. The van der Waals surface area contributed by atoms with E-state index in [2.05, 4.69) is 26.2 Å². The van der Waals surface area contributed by atoms with Gasteiger partial charge in [0.05, 0.1) is 6.20 Å². The summed E-state index contributed by atoms with van der Waals surface area (Å²) in [7, 11) is 0. The van der Waals surface area contributed by atoms with Crippen LogP contribution in [0.1, 0.15) is 34.1 Å². The first-order valence-corrected chi connectivity index (χ1v) is 6.73. The van der Waals surface area contributed by atoms with Gasteiger partial charge in [0.25, 0.3) is 5.91 Å². The Bertz CT molecular complexity index is 404. The molecule has 1 heterocycles. The summed E-state index contributed by atoms with van der Waals surface area (Å²) in [5.41, 5.74) is -0.216. The molecule has 1 amide bonds. The largest absolute Gasteiger partial charge is 0.479 e. The van der Waals surface area contributed by atoms with Gasteiger partial charge in [-0.2, -0.15) is 0 Å². The zero-order chi connectivity index (χ0) is 13.8. The van der Waals surface area contributed by atoms with Crippen molar-refractivity contribution < 1.29 is 9.53 Å². The van der Waals surface area contributed by atoms with E-state index in [0.29, 0.717) is 5.75 Å². The highest BCUT2D eigenvalue weighted by molar-refractivity contribution is 9.10. The van der Waals surface area contributed by atoms with E-state index in [-0.39, 0.29) is 11.4 Å². The molecular formula is C13H19BrN2O2. The van der Waals surface area contributed by atoms with Gasteiger partial charge in [-0.05, 0) is 55.3 Å². The van der Waals surface area contributed by atoms with Gasteiger partial charge in [0.1, 0.15) is 10.4 Å². The summed E-state index contributed by atoms with van der Waals surface area (Å²) >= 11 is 3.24. The molecule has 0 saturated carbocycles. The van der Waals surface area contributed by atoms with E-state index in [1.165, 1.54) is 0 Å². The second kappa shape index (κ2) is 6.18. The molecule has 1 atom stereocenters. The molecule has 1 rings (SSSR count). The summed E-state index contributed by atoms with van der Waals surface area (Å²) in [5, 5.41) is 2.94. The average Bonchev–Trinajstić information content (AvgIpc) is 2.31. The standard InChI is InChI=1S/C13H19BrN2O2/c1-5-13(3,4)16-12(17)9(2)18-10-6-7-11(14)15-8-10/h6-9H,5H2,1-4H3,(H,16,17). The molecule has 0 spiro atoms. The molecule has 0 aromatic carbocycles. The average molecular weight is 315 g/mol. The zero-order valence-corrected chi connectivity index (χ0v) is 12.7. The predicted octanol–water partition coefficient (Wildman–Crippen LogP) is 2.92. The van der Waals surface area contributed by atoms with Gasteiger partial charge in [0.15, 0.2) is 6.10 Å². The summed E-state index contributed by atoms with van der Waals surface area (Å²) in [4.78, 5) is 16.0. The molecule has 1 aromatic heterocycles. The minimum atomic E-state index is -0.543. The molecule has 0 bridgehead atoms. The fraction of sp³-hybridized carbons (Fsp3) is 0.538. The van der Waals surface area contributed by atoms with Crippen molar-refractivity contribution in [3.05, 3.63) is 22.9 Å². The second-order valence-electron chi connectivity index (χ2n) is 4.80. The van der Waals surface area contributed by atoms with Crippen LogP contribution >= 0.6 is 15.9 Å². The lowest BCUT2D eigenvalue weighted by Crippen LogP contribution is -2.48. The van der Waals surface area contributed by atoms with Crippen molar-refractivity contribution >= 4 is 21.8 Å². The van der Waals surface area contributed by atoms with Gasteiger partial charge in [-0.15, -0.1) is 0 Å². The van der Waals surface area contributed by atoms with Crippen LogP contribution in [0.5, 0.6) is 5.75 Å². The Hall–Kier alpha value is -1.10. The molecule has 1 N–H and O–H groups in total. The minimum absolute atomic E-state index is 0.121. The molecule has 5 heteroatoms. The molecule has 18 heavy (non-hydrogen) atoms. The fourth-order valence-corrected chi connectivity index (χ4v) is 1.45. The number of hydrogen-bond donors (Lipinski definition) is 1. The number of carbonyl (C=O) groups excluding carboxylic acids is 1. The number of nitrogens with zero attached hydrogens (tertiary/aromatic N) is 1. The van der Waals surface area contributed by atoms with Crippen molar-refractivity contribution in [2.75, 3.05) is 0 Å². The Kier molecular flexibility index (Phi) is 5.14. The van der Waals surface area contributed by atoms with E-state index in [0.717, 1.165) is 11.0 Å². The number of amides is 1. The number of ether oxygens (including phenoxy) is 1. The SMILES string of the molecule is CCC(C)(C)NC(=O)C(C)Oc1ccc(Br)nc1. The first kappa shape index (κ1) is 15.0. The normalized spacial score (nSPS) is 12.9. The van der Waals surface area contributed by atoms with Crippen molar-refractivity contribution in [3.63, 3.8) is 0 Å². The third-order valence-corrected chi connectivity index (χ3v) is 3.20. The molecule has 0 saturated heterocycles. The lowest BCUT2D eigenvalue weighted by molar-refractivity contribution is -0.128. The van der Waals surface area contributed by atoms with E-state index in [1.807, 2.05) is 20.8 Å². The van der Waals surface area contributed by atoms with Gasteiger partial charge in [0.2, 0.25) is 0 Å². The van der Waals surface area contributed by atoms with Crippen LogP contribution in [0.3, 0.4) is 0 Å². The first-order valence-electron chi connectivity index (χ1n) is 5.94. The first-order chi connectivity index (χ1) is 8.34. The van der Waals surface area contributed by atoms with E-state index in [9.17, 15) is 4.79 Å². The fourth-order valence-electron chi connectivity index (χ4n) is 1.21. The number of pyridine rings is 1. The van der Waals surface area contributed by atoms with Gasteiger partial charge < -0.3 is 10.1 Å². The van der Waals surface area contributed by atoms with Gasteiger partial charge in [0, 0.05) is 5.54 Å². The summed E-state index contributed by atoms with van der Waals surface area (Å²) in [6.45, 7) is 7.73. The van der Waals surface area contributed by atoms with Crippen LogP contribution in [0.2, 0.25) is 0 Å². The Labute approximate surface area is 116 Å². The lowest BCUT2D eigenvalue weighted by Gasteiger charge is -2.26. The highest BCUT2D eigenvalue weighted by Gasteiger charge is 2.22. The Morgan fingerprint density at radius 3 is 2.72 bits per heavy atom. The Balaban J connectivity index is 2.57. The maximum Gasteiger partial charge on any atom is 0.261 e. The molecule has 4 nitrogen and oxygen atoms in total. The van der Waals surface area contributed by atoms with E-state index in [1.54, 1.807) is 25.3 Å². The van der Waals surface area contributed by atoms with E-state index < -0.39 is 6.10 Å². The summed E-state index contributed by atoms with van der Waals surface area (Å²) in [6, 6.07) is 3.54. The smallest absolute Gasteiger partial charge is 0.261 e. The predicted molar refractivity (Wildman–Crippen MR) is 74.5 cm³/mol. The van der Waals surface area contributed by atoms with Gasteiger partial charge in [-0.25, -0.2) is 4.98 Å². The van der Waals surface area contributed by atoms with Gasteiger partial charge in [-0.3, -0.25) is 4.79 Å². The third kappa shape index (κ3) is 4.64. The van der Waals surface area contributed by atoms with Gasteiger partial charge in [-0.1, -0.05) is 6.92 Å². The molecule has 0 aliphatic rings. The number of nitrogens with one attached hydrogen (secondary N) is 1. The molecule has 1 aromatic rings. The topological polar surface area (TPSA) is 51.2 Å². The lowest BCUT2D eigenvalue weighted by atomic mass is 10.0. The molecular weight excluding hydrogens is 296 g/mol.